The lowest BCUT2D eigenvalue weighted by molar-refractivity contribution is 0.0240. The Kier molecular flexibility index (Phi) is 12.7. The van der Waals surface area contributed by atoms with Crippen LogP contribution in [0.15, 0.2) is 104 Å². The van der Waals surface area contributed by atoms with E-state index in [-0.39, 0.29) is 11.9 Å². The number of rotatable bonds is 14. The molecule has 2 unspecified atom stereocenters. The summed E-state index contributed by atoms with van der Waals surface area (Å²) in [4.78, 5) is 32.5. The van der Waals surface area contributed by atoms with E-state index < -0.39 is 0 Å². The number of morpholine rings is 2. The van der Waals surface area contributed by atoms with E-state index in [1.54, 1.807) is 44.2 Å². The number of hydrogen-bond donors (Lipinski definition) is 2. The molecular weight excluding hydrogens is 812 g/mol. The molecule has 3 N–H and O–H groups in total. The number of nitrogens with two attached hydrogens (primary N) is 1. The van der Waals surface area contributed by atoms with Gasteiger partial charge in [-0.3, -0.25) is 15.0 Å². The first-order chi connectivity index (χ1) is 31.3. The van der Waals surface area contributed by atoms with Crippen molar-refractivity contribution in [2.24, 2.45) is 5.92 Å². The number of methoxy groups -OCH3 is 1. The van der Waals surface area contributed by atoms with Gasteiger partial charge in [-0.1, -0.05) is 13.0 Å². The van der Waals surface area contributed by atoms with Gasteiger partial charge in [0.15, 0.2) is 0 Å². The van der Waals surface area contributed by atoms with Crippen molar-refractivity contribution < 1.29 is 23.3 Å². The lowest BCUT2D eigenvalue weighted by Crippen LogP contribution is -2.43. The Bertz CT molecular complexity index is 2740. The van der Waals surface area contributed by atoms with Gasteiger partial charge in [0.2, 0.25) is 0 Å². The number of pyridine rings is 6. The van der Waals surface area contributed by atoms with Gasteiger partial charge in [0, 0.05) is 114 Å². The molecule has 8 heterocycles. The van der Waals surface area contributed by atoms with Gasteiger partial charge in [-0.2, -0.15) is 0 Å². The minimum absolute atomic E-state index is 0.00710. The molecule has 7 aromatic rings. The number of aromatic nitrogens is 6. The number of nitrogens with zero attached hydrogens (tertiary/aromatic N) is 8. The smallest absolute Gasteiger partial charge is 0.138 e. The summed E-state index contributed by atoms with van der Waals surface area (Å²) in [5.74, 6) is 2.91. The zero-order valence-electron chi connectivity index (χ0n) is 36.2. The average Bonchev–Trinajstić information content (AvgIpc) is 3.33. The second-order valence-corrected chi connectivity index (χ2v) is 16.2. The molecule has 9 rings (SSSR count). The number of nitrogens with one attached hydrogen (secondary N) is 1. The number of fused-ring (bicyclic) bond motifs is 1. The number of nitrogen functional groups attached to an aromatic ring is 1. The van der Waals surface area contributed by atoms with Gasteiger partial charge < -0.3 is 39.8 Å². The van der Waals surface area contributed by atoms with Crippen LogP contribution in [0.2, 0.25) is 0 Å². The minimum atomic E-state index is -0.367. The lowest BCUT2D eigenvalue weighted by atomic mass is 9.99. The van der Waals surface area contributed by atoms with Crippen LogP contribution in [0, 0.1) is 18.7 Å². The topological polar surface area (TPSA) is 159 Å². The largest absolute Gasteiger partial charge is 0.495 e. The summed E-state index contributed by atoms with van der Waals surface area (Å²) in [5, 5.41) is 4.52. The quantitative estimate of drug-likeness (QED) is 0.107. The summed E-state index contributed by atoms with van der Waals surface area (Å²) in [6.45, 7) is 9.62. The maximum atomic E-state index is 14.7. The Hall–Kier alpha value is -6.97. The number of ether oxygens (including phenoxy) is 4. The molecule has 0 amide bonds. The summed E-state index contributed by atoms with van der Waals surface area (Å²) in [7, 11) is 1.62. The molecule has 6 aromatic heterocycles. The highest BCUT2D eigenvalue weighted by molar-refractivity contribution is 5.99. The zero-order chi connectivity index (χ0) is 44.0. The fourth-order valence-corrected chi connectivity index (χ4v) is 8.34. The van der Waals surface area contributed by atoms with Crippen LogP contribution in [-0.2, 0) is 9.47 Å². The van der Waals surface area contributed by atoms with Crippen molar-refractivity contribution in [3.05, 3.63) is 115 Å². The molecule has 2 aliphatic heterocycles. The highest BCUT2D eigenvalue weighted by Crippen LogP contribution is 2.40. The third-order valence-corrected chi connectivity index (χ3v) is 11.8. The predicted octanol–water partition coefficient (Wildman–Crippen LogP) is 8.53. The van der Waals surface area contributed by atoms with Gasteiger partial charge in [0.05, 0.1) is 80.3 Å². The summed E-state index contributed by atoms with van der Waals surface area (Å²) < 4.78 is 38.3. The second kappa shape index (κ2) is 19.2. The Morgan fingerprint density at radius 1 is 0.844 bits per heavy atom. The second-order valence-electron chi connectivity index (χ2n) is 16.2. The van der Waals surface area contributed by atoms with Crippen molar-refractivity contribution in [1.82, 2.24) is 29.9 Å². The van der Waals surface area contributed by atoms with E-state index in [0.29, 0.717) is 79.5 Å². The van der Waals surface area contributed by atoms with Crippen molar-refractivity contribution in [2.75, 3.05) is 80.6 Å². The van der Waals surface area contributed by atoms with Crippen LogP contribution in [0.3, 0.4) is 0 Å². The first-order valence-electron chi connectivity index (χ1n) is 21.6. The number of halogens is 1. The number of hydrogen-bond acceptors (Lipinski definition) is 14. The maximum absolute atomic E-state index is 14.7. The molecule has 2 saturated heterocycles. The molecule has 1 aromatic carbocycles. The van der Waals surface area contributed by atoms with Crippen LogP contribution in [-0.4, -0.2) is 95.7 Å². The molecule has 0 bridgehead atoms. The van der Waals surface area contributed by atoms with E-state index >= 15 is 0 Å². The number of benzene rings is 1. The Labute approximate surface area is 371 Å². The molecule has 64 heavy (non-hydrogen) atoms. The van der Waals surface area contributed by atoms with Gasteiger partial charge in [0.1, 0.15) is 29.0 Å². The first kappa shape index (κ1) is 42.3. The Morgan fingerprint density at radius 2 is 1.59 bits per heavy atom. The molecule has 0 radical (unpaired) electrons. The minimum Gasteiger partial charge on any atom is -0.495 e. The van der Waals surface area contributed by atoms with E-state index in [4.69, 9.17) is 34.6 Å². The maximum Gasteiger partial charge on any atom is 0.138 e. The summed E-state index contributed by atoms with van der Waals surface area (Å²) in [5.41, 5.74) is 14.8. The van der Waals surface area contributed by atoms with E-state index in [1.165, 1.54) is 12.1 Å². The standard InChI is InChI=1S/C49H51FN10O4/c1-31(9-14-63-37-20-33(24-53-27-37)40-28-55-46(22-42(40)51)59-11-15-62-16-12-59)18-38-30-60(13-17-64-38)47-23-45(41(29-56-47)34-19-36(61-3)26-52-25-34)57-48-32(2)49(43-6-4-5-10-54-43)58-44-21-35(50)7-8-39(44)48/h4-8,10,19-29,31,38H,9,11-18,30H2,1-3H3,(H2,51,55)(H,56,57,58). The summed E-state index contributed by atoms with van der Waals surface area (Å²) in [6.07, 6.45) is 14.1. The molecule has 0 spiro atoms. The average molecular weight is 863 g/mol. The van der Waals surface area contributed by atoms with Crippen LogP contribution in [0.25, 0.3) is 44.5 Å². The van der Waals surface area contributed by atoms with E-state index in [9.17, 15) is 4.39 Å². The fraction of sp³-hybridized carbons (Fsp3) is 0.306. The highest BCUT2D eigenvalue weighted by Gasteiger charge is 2.25. The monoisotopic (exact) mass is 862 g/mol. The normalized spacial score (nSPS) is 15.8. The molecule has 0 aliphatic carbocycles. The Balaban J connectivity index is 0.901. The van der Waals surface area contributed by atoms with Gasteiger partial charge in [-0.05, 0) is 62.1 Å². The zero-order valence-corrected chi connectivity index (χ0v) is 36.2. The van der Waals surface area contributed by atoms with Gasteiger partial charge >= 0.3 is 0 Å². The van der Waals surface area contributed by atoms with E-state index in [1.807, 2.05) is 55.7 Å². The third-order valence-electron chi connectivity index (χ3n) is 11.8. The first-order valence-corrected chi connectivity index (χ1v) is 21.6. The van der Waals surface area contributed by atoms with E-state index in [0.717, 1.165) is 82.1 Å². The van der Waals surface area contributed by atoms with Gasteiger partial charge in [-0.25, -0.2) is 19.3 Å². The molecule has 2 aliphatic rings. The summed E-state index contributed by atoms with van der Waals surface area (Å²) >= 11 is 0. The molecule has 0 saturated carbocycles. The van der Waals surface area contributed by atoms with Crippen LogP contribution in [0.5, 0.6) is 11.5 Å². The molecule has 15 heteroatoms. The molecule has 14 nitrogen and oxygen atoms in total. The van der Waals surface area contributed by atoms with Crippen LogP contribution in [0.4, 0.5) is 33.1 Å². The lowest BCUT2D eigenvalue weighted by Gasteiger charge is -2.35. The molecule has 2 atom stereocenters. The van der Waals surface area contributed by atoms with E-state index in [2.05, 4.69) is 48.0 Å². The molecule has 2 fully saturated rings. The van der Waals surface area contributed by atoms with Crippen LogP contribution in [0.1, 0.15) is 25.3 Å². The highest BCUT2D eigenvalue weighted by atomic mass is 19.1. The SMILES string of the molecule is COc1cncc(-c2cnc(N3CCOC(CC(C)CCOc4cncc(-c5cnc(N6CCOCC6)cc5N)c4)C3)cc2Nc2c(C)c(-c3ccccn3)nc3cc(F)ccc23)c1. The van der Waals surface area contributed by atoms with Crippen LogP contribution < -0.4 is 30.3 Å². The fourth-order valence-electron chi connectivity index (χ4n) is 8.34. The van der Waals surface area contributed by atoms with Gasteiger partial charge in [-0.15, -0.1) is 0 Å². The van der Waals surface area contributed by atoms with Crippen LogP contribution >= 0.6 is 0 Å². The summed E-state index contributed by atoms with van der Waals surface area (Å²) in [6, 6.07) is 18.2. The predicted molar refractivity (Wildman–Crippen MR) is 248 cm³/mol. The Morgan fingerprint density at radius 3 is 2.38 bits per heavy atom. The van der Waals surface area contributed by atoms with Crippen molar-refractivity contribution in [3.8, 4) is 45.1 Å². The van der Waals surface area contributed by atoms with Crippen molar-refractivity contribution in [2.45, 2.75) is 32.8 Å². The number of anilines is 5. The molecule has 328 valence electrons. The van der Waals surface area contributed by atoms with Crippen molar-refractivity contribution in [3.63, 3.8) is 0 Å². The van der Waals surface area contributed by atoms with Gasteiger partial charge in [0.25, 0.3) is 0 Å². The van der Waals surface area contributed by atoms with Crippen molar-refractivity contribution in [1.29, 1.82) is 0 Å². The molecular formula is C49H51FN10O4. The van der Waals surface area contributed by atoms with Crippen molar-refractivity contribution >= 4 is 39.6 Å². The third kappa shape index (κ3) is 9.50.